The number of benzene rings is 3. The fourth-order valence-corrected chi connectivity index (χ4v) is 5.06. The Hall–Kier alpha value is -3.37. The monoisotopic (exact) mass is 471 g/mol. The zero-order valence-corrected chi connectivity index (χ0v) is 19.8. The summed E-state index contributed by atoms with van der Waals surface area (Å²) < 4.78 is 5.96. The van der Waals surface area contributed by atoms with Crippen molar-refractivity contribution in [3.05, 3.63) is 106 Å². The molecule has 0 spiro atoms. The Morgan fingerprint density at radius 2 is 1.74 bits per heavy atom. The van der Waals surface area contributed by atoms with Gasteiger partial charge in [0.2, 0.25) is 5.91 Å². The second kappa shape index (κ2) is 9.47. The third kappa shape index (κ3) is 4.51. The van der Waals surface area contributed by atoms with Crippen molar-refractivity contribution in [1.29, 1.82) is 0 Å². The van der Waals surface area contributed by atoms with Crippen LogP contribution in [0.25, 0.3) is 0 Å². The van der Waals surface area contributed by atoms with Gasteiger partial charge >= 0.3 is 0 Å². The number of ketones is 1. The van der Waals surface area contributed by atoms with E-state index in [4.69, 9.17) is 16.3 Å². The number of allylic oxidation sites excluding steroid dienone is 2. The highest BCUT2D eigenvalue weighted by Crippen LogP contribution is 2.43. The Kier molecular flexibility index (Phi) is 6.25. The molecule has 1 atom stereocenters. The van der Waals surface area contributed by atoms with Crippen molar-refractivity contribution in [2.45, 2.75) is 45.1 Å². The Balaban J connectivity index is 1.42. The zero-order valence-electron chi connectivity index (χ0n) is 19.1. The third-order valence-electron chi connectivity index (χ3n) is 6.53. The van der Waals surface area contributed by atoms with Gasteiger partial charge in [-0.25, -0.2) is 0 Å². The van der Waals surface area contributed by atoms with Gasteiger partial charge in [-0.1, -0.05) is 53.6 Å². The fourth-order valence-electron chi connectivity index (χ4n) is 4.93. The fraction of sp³-hybridized carbons (Fsp3) is 0.241. The van der Waals surface area contributed by atoms with Crippen LogP contribution in [0.3, 0.4) is 0 Å². The molecule has 0 aromatic heterocycles. The summed E-state index contributed by atoms with van der Waals surface area (Å²) in [6.07, 6.45) is 2.25. The first-order valence-corrected chi connectivity index (χ1v) is 12.0. The molecule has 0 fully saturated rings. The maximum atomic E-state index is 13.3. The number of hydrogen-bond donors (Lipinski definition) is 0. The molecule has 34 heavy (non-hydrogen) atoms. The molecule has 1 aliphatic carbocycles. The van der Waals surface area contributed by atoms with Gasteiger partial charge in [0.05, 0.1) is 0 Å². The summed E-state index contributed by atoms with van der Waals surface area (Å²) in [6.45, 7) is 2.56. The van der Waals surface area contributed by atoms with E-state index in [2.05, 4.69) is 19.1 Å². The molecule has 5 heteroatoms. The number of halogens is 1. The summed E-state index contributed by atoms with van der Waals surface area (Å²) in [5.74, 6) is 0.669. The van der Waals surface area contributed by atoms with Gasteiger partial charge in [0.25, 0.3) is 0 Å². The van der Waals surface area contributed by atoms with Crippen molar-refractivity contribution < 1.29 is 14.3 Å². The van der Waals surface area contributed by atoms with E-state index in [1.54, 1.807) is 17.0 Å². The molecule has 1 unspecified atom stereocenters. The smallest absolute Gasteiger partial charge is 0.232 e. The molecular weight excluding hydrogens is 446 g/mol. The van der Waals surface area contributed by atoms with Crippen LogP contribution in [-0.4, -0.2) is 11.7 Å². The number of amides is 1. The predicted octanol–water partition coefficient (Wildman–Crippen LogP) is 6.76. The lowest BCUT2D eigenvalue weighted by Crippen LogP contribution is -2.40. The maximum absolute atomic E-state index is 13.3. The Bertz CT molecular complexity index is 1260. The molecule has 0 radical (unpaired) electrons. The largest absolute Gasteiger partial charge is 0.489 e. The highest BCUT2D eigenvalue weighted by molar-refractivity contribution is 6.30. The van der Waals surface area contributed by atoms with E-state index < -0.39 is 0 Å². The van der Waals surface area contributed by atoms with Gasteiger partial charge in [-0.15, -0.1) is 0 Å². The van der Waals surface area contributed by atoms with E-state index >= 15 is 0 Å². The molecule has 172 valence electrons. The van der Waals surface area contributed by atoms with Crippen molar-refractivity contribution in [3.8, 4) is 5.75 Å². The number of carbonyl (C=O) groups is 2. The molecule has 1 amide bonds. The molecule has 3 aromatic carbocycles. The molecule has 0 saturated carbocycles. The minimum Gasteiger partial charge on any atom is -0.489 e. The Morgan fingerprint density at radius 1 is 0.971 bits per heavy atom. The van der Waals surface area contributed by atoms with Crippen LogP contribution in [0, 0.1) is 6.92 Å². The predicted molar refractivity (Wildman–Crippen MR) is 134 cm³/mol. The van der Waals surface area contributed by atoms with Crippen LogP contribution >= 0.6 is 11.6 Å². The minimum absolute atomic E-state index is 0.000506. The highest BCUT2D eigenvalue weighted by atomic mass is 35.5. The summed E-state index contributed by atoms with van der Waals surface area (Å²) in [4.78, 5) is 28.1. The summed E-state index contributed by atoms with van der Waals surface area (Å²) in [5, 5.41) is 0.615. The van der Waals surface area contributed by atoms with Crippen molar-refractivity contribution in [2.75, 3.05) is 4.90 Å². The summed E-state index contributed by atoms with van der Waals surface area (Å²) in [6, 6.07) is 23.3. The SMILES string of the molecule is Cc1cccc(COc2ccc(C3CC(=O)N(c4ccc(Cl)cc4)C4=C3C(=O)CCC4)cc2)c1. The van der Waals surface area contributed by atoms with Crippen molar-refractivity contribution in [3.63, 3.8) is 0 Å². The summed E-state index contributed by atoms with van der Waals surface area (Å²) in [7, 11) is 0. The van der Waals surface area contributed by atoms with Crippen LogP contribution in [0.2, 0.25) is 5.02 Å². The third-order valence-corrected chi connectivity index (χ3v) is 6.78. The van der Waals surface area contributed by atoms with Gasteiger partial charge in [0.15, 0.2) is 5.78 Å². The number of carbonyl (C=O) groups excluding carboxylic acids is 2. The number of nitrogens with zero attached hydrogens (tertiary/aromatic N) is 1. The molecule has 0 saturated heterocycles. The van der Waals surface area contributed by atoms with Crippen LogP contribution in [0.15, 0.2) is 84.1 Å². The minimum atomic E-state index is -0.232. The Labute approximate surface area is 204 Å². The molecular formula is C29H26ClNO3. The van der Waals surface area contributed by atoms with Gasteiger partial charge in [-0.05, 0) is 67.3 Å². The molecule has 1 heterocycles. The Morgan fingerprint density at radius 3 is 2.47 bits per heavy atom. The number of hydrogen-bond acceptors (Lipinski definition) is 3. The normalized spacial score (nSPS) is 18.2. The van der Waals surface area contributed by atoms with E-state index in [0.29, 0.717) is 24.5 Å². The second-order valence-corrected chi connectivity index (χ2v) is 9.38. The standard InChI is InChI=1S/C29H26ClNO3/c1-19-4-2-5-20(16-19)18-34-24-14-8-21(9-15-24)25-17-28(33)31(23-12-10-22(30)11-13-23)26-6-3-7-27(32)29(25)26/h2,4-5,8-16,25H,3,6-7,17-18H2,1H3. The van der Waals surface area contributed by atoms with E-state index in [0.717, 1.165) is 40.3 Å². The van der Waals surface area contributed by atoms with Gasteiger partial charge < -0.3 is 4.74 Å². The number of rotatable bonds is 5. The first kappa shape index (κ1) is 22.4. The van der Waals surface area contributed by atoms with Gasteiger partial charge in [-0.2, -0.15) is 0 Å². The first-order valence-electron chi connectivity index (χ1n) is 11.6. The van der Waals surface area contributed by atoms with E-state index in [1.165, 1.54) is 5.56 Å². The molecule has 4 nitrogen and oxygen atoms in total. The molecule has 0 bridgehead atoms. The van der Waals surface area contributed by atoms with Crippen LogP contribution in [-0.2, 0) is 16.2 Å². The molecule has 5 rings (SSSR count). The molecule has 3 aromatic rings. The van der Waals surface area contributed by atoms with Crippen molar-refractivity contribution in [1.82, 2.24) is 0 Å². The van der Waals surface area contributed by atoms with Crippen LogP contribution in [0.5, 0.6) is 5.75 Å². The quantitative estimate of drug-likeness (QED) is 0.413. The number of ether oxygens (including phenoxy) is 1. The average Bonchev–Trinajstić information content (AvgIpc) is 2.84. The first-order chi connectivity index (χ1) is 16.5. The number of Topliss-reactive ketones (excluding diaryl/α,β-unsaturated/α-hetero) is 1. The van der Waals surface area contributed by atoms with Gasteiger partial charge in [0, 0.05) is 40.7 Å². The van der Waals surface area contributed by atoms with Gasteiger partial charge in [0.1, 0.15) is 12.4 Å². The summed E-state index contributed by atoms with van der Waals surface area (Å²) in [5.41, 5.74) is 5.65. The lowest BCUT2D eigenvalue weighted by molar-refractivity contribution is -0.119. The maximum Gasteiger partial charge on any atom is 0.232 e. The molecule has 2 aliphatic rings. The lowest BCUT2D eigenvalue weighted by atomic mass is 9.77. The van der Waals surface area contributed by atoms with Crippen LogP contribution in [0.1, 0.15) is 48.3 Å². The summed E-state index contributed by atoms with van der Waals surface area (Å²) >= 11 is 6.05. The average molecular weight is 472 g/mol. The lowest BCUT2D eigenvalue weighted by Gasteiger charge is -2.38. The topological polar surface area (TPSA) is 46.6 Å². The molecule has 0 N–H and O–H groups in total. The van der Waals surface area contributed by atoms with E-state index in [1.807, 2.05) is 48.5 Å². The second-order valence-electron chi connectivity index (χ2n) is 8.95. The van der Waals surface area contributed by atoms with Gasteiger partial charge in [-0.3, -0.25) is 14.5 Å². The highest BCUT2D eigenvalue weighted by Gasteiger charge is 2.39. The molecule has 1 aliphatic heterocycles. The van der Waals surface area contributed by atoms with Crippen LogP contribution < -0.4 is 9.64 Å². The van der Waals surface area contributed by atoms with Crippen LogP contribution in [0.4, 0.5) is 5.69 Å². The zero-order chi connectivity index (χ0) is 23.7. The van der Waals surface area contributed by atoms with Crippen molar-refractivity contribution in [2.24, 2.45) is 0 Å². The number of anilines is 1. The van der Waals surface area contributed by atoms with Crippen molar-refractivity contribution >= 4 is 29.0 Å². The van der Waals surface area contributed by atoms with E-state index in [-0.39, 0.29) is 24.0 Å². The number of aryl methyl sites for hydroxylation is 1. The van der Waals surface area contributed by atoms with E-state index in [9.17, 15) is 9.59 Å².